The van der Waals surface area contributed by atoms with Gasteiger partial charge >= 0.3 is 0 Å². The second-order valence-electron chi connectivity index (χ2n) is 5.14. The molecular weight excluding hydrogens is 298 g/mol. The number of pyridine rings is 2. The molecule has 1 N–H and O–H groups in total. The minimum absolute atomic E-state index is 0.0379. The zero-order chi connectivity index (χ0) is 16.2. The highest BCUT2D eigenvalue weighted by Gasteiger charge is 2.21. The van der Waals surface area contributed by atoms with E-state index in [-0.39, 0.29) is 17.7 Å². The summed E-state index contributed by atoms with van der Waals surface area (Å²) in [4.78, 5) is 20.7. The van der Waals surface area contributed by atoms with Crippen molar-refractivity contribution in [2.24, 2.45) is 0 Å². The molecule has 1 fully saturated rings. The highest BCUT2D eigenvalue weighted by Crippen LogP contribution is 2.19. The standard InChI is InChI=1S/C16H17N3O4/c1-10-5-12(23-13-8-22-9-13)6-14(18-10)16(20)19-15-4-3-11(21-2)7-17-15/h3-7,13H,8-9H2,1-2H3,(H,17,19,20). The number of rotatable bonds is 5. The smallest absolute Gasteiger partial charge is 0.275 e. The van der Waals surface area contributed by atoms with Crippen molar-refractivity contribution < 1.29 is 19.0 Å². The van der Waals surface area contributed by atoms with E-state index in [9.17, 15) is 4.79 Å². The third-order valence-corrected chi connectivity index (χ3v) is 3.28. The van der Waals surface area contributed by atoms with Crippen LogP contribution in [0.1, 0.15) is 16.2 Å². The van der Waals surface area contributed by atoms with E-state index in [1.807, 2.05) is 6.92 Å². The Morgan fingerprint density at radius 3 is 2.74 bits per heavy atom. The van der Waals surface area contributed by atoms with Crippen LogP contribution in [0.25, 0.3) is 0 Å². The van der Waals surface area contributed by atoms with Crippen LogP contribution >= 0.6 is 0 Å². The number of aromatic nitrogens is 2. The maximum absolute atomic E-state index is 12.3. The molecule has 2 aromatic heterocycles. The number of nitrogens with one attached hydrogen (secondary N) is 1. The summed E-state index contributed by atoms with van der Waals surface area (Å²) in [6.45, 7) is 2.95. The van der Waals surface area contributed by atoms with Crippen molar-refractivity contribution in [2.75, 3.05) is 25.6 Å². The van der Waals surface area contributed by atoms with E-state index in [2.05, 4.69) is 15.3 Å². The Labute approximate surface area is 133 Å². The van der Waals surface area contributed by atoms with Gasteiger partial charge in [0.15, 0.2) is 0 Å². The monoisotopic (exact) mass is 315 g/mol. The Morgan fingerprint density at radius 2 is 2.13 bits per heavy atom. The number of anilines is 1. The lowest BCUT2D eigenvalue weighted by Crippen LogP contribution is -2.38. The highest BCUT2D eigenvalue weighted by molar-refractivity contribution is 6.02. The third kappa shape index (κ3) is 3.75. The van der Waals surface area contributed by atoms with Crippen LogP contribution in [0.5, 0.6) is 11.5 Å². The van der Waals surface area contributed by atoms with Crippen molar-refractivity contribution in [2.45, 2.75) is 13.0 Å². The molecule has 0 radical (unpaired) electrons. The van der Waals surface area contributed by atoms with Crippen LogP contribution in [-0.2, 0) is 4.74 Å². The summed E-state index contributed by atoms with van der Waals surface area (Å²) in [5.41, 5.74) is 0.980. The maximum atomic E-state index is 12.3. The van der Waals surface area contributed by atoms with E-state index in [1.54, 1.807) is 31.4 Å². The van der Waals surface area contributed by atoms with Gasteiger partial charge in [0.05, 0.1) is 26.5 Å². The first-order chi connectivity index (χ1) is 11.1. The summed E-state index contributed by atoms with van der Waals surface area (Å²) in [5, 5.41) is 2.70. The molecule has 0 aromatic carbocycles. The van der Waals surface area contributed by atoms with Crippen LogP contribution in [0, 0.1) is 6.92 Å². The summed E-state index contributed by atoms with van der Waals surface area (Å²) in [6.07, 6.45) is 1.57. The van der Waals surface area contributed by atoms with Gasteiger partial charge in [0.25, 0.3) is 5.91 Å². The number of aryl methyl sites for hydroxylation is 1. The lowest BCUT2D eigenvalue weighted by atomic mass is 10.2. The molecule has 1 amide bonds. The fourth-order valence-electron chi connectivity index (χ4n) is 2.05. The number of hydrogen-bond donors (Lipinski definition) is 1. The number of carbonyl (C=O) groups is 1. The minimum atomic E-state index is -0.346. The van der Waals surface area contributed by atoms with E-state index >= 15 is 0 Å². The van der Waals surface area contributed by atoms with Crippen molar-refractivity contribution in [3.8, 4) is 11.5 Å². The normalized spacial score (nSPS) is 14.0. The Hall–Kier alpha value is -2.67. The van der Waals surface area contributed by atoms with E-state index in [0.29, 0.717) is 36.2 Å². The summed E-state index contributed by atoms with van der Waals surface area (Å²) in [5.74, 6) is 1.31. The van der Waals surface area contributed by atoms with Gasteiger partial charge in [0.1, 0.15) is 29.1 Å². The summed E-state index contributed by atoms with van der Waals surface area (Å²) in [6, 6.07) is 6.79. The average Bonchev–Trinajstić information content (AvgIpc) is 2.51. The SMILES string of the molecule is COc1ccc(NC(=O)c2cc(OC3COC3)cc(C)n2)nc1. The molecule has 0 saturated carbocycles. The van der Waals surface area contributed by atoms with Gasteiger partial charge in [-0.3, -0.25) is 4.79 Å². The molecule has 120 valence electrons. The van der Waals surface area contributed by atoms with Crippen molar-refractivity contribution in [3.63, 3.8) is 0 Å². The van der Waals surface area contributed by atoms with Crippen LogP contribution in [-0.4, -0.2) is 42.3 Å². The van der Waals surface area contributed by atoms with Crippen LogP contribution in [0.3, 0.4) is 0 Å². The van der Waals surface area contributed by atoms with Gasteiger partial charge in [-0.25, -0.2) is 9.97 Å². The predicted octanol–water partition coefficient (Wildman–Crippen LogP) is 1.82. The molecule has 0 atom stereocenters. The molecule has 0 aliphatic carbocycles. The number of hydrogen-bond acceptors (Lipinski definition) is 6. The Kier molecular flexibility index (Phi) is 4.38. The lowest BCUT2D eigenvalue weighted by Gasteiger charge is -2.26. The first-order valence-corrected chi connectivity index (χ1v) is 7.18. The molecule has 0 spiro atoms. The quantitative estimate of drug-likeness (QED) is 0.906. The molecule has 23 heavy (non-hydrogen) atoms. The number of ether oxygens (including phenoxy) is 3. The molecule has 7 heteroatoms. The van der Waals surface area contributed by atoms with Crippen LogP contribution in [0.15, 0.2) is 30.5 Å². The number of amides is 1. The molecule has 1 aliphatic rings. The van der Waals surface area contributed by atoms with Gasteiger partial charge in [-0.15, -0.1) is 0 Å². The zero-order valence-corrected chi connectivity index (χ0v) is 12.9. The van der Waals surface area contributed by atoms with Gasteiger partial charge in [-0.2, -0.15) is 0 Å². The van der Waals surface area contributed by atoms with Crippen molar-refractivity contribution >= 4 is 11.7 Å². The largest absolute Gasteiger partial charge is 0.495 e. The summed E-state index contributed by atoms with van der Waals surface area (Å²) in [7, 11) is 1.56. The first-order valence-electron chi connectivity index (χ1n) is 7.18. The minimum Gasteiger partial charge on any atom is -0.495 e. The highest BCUT2D eigenvalue weighted by atomic mass is 16.6. The van der Waals surface area contributed by atoms with Gasteiger partial charge in [0, 0.05) is 17.8 Å². The summed E-state index contributed by atoms with van der Waals surface area (Å²) < 4.78 is 15.8. The molecule has 3 heterocycles. The lowest BCUT2D eigenvalue weighted by molar-refractivity contribution is -0.0797. The average molecular weight is 315 g/mol. The van der Waals surface area contributed by atoms with Crippen LogP contribution in [0.2, 0.25) is 0 Å². The zero-order valence-electron chi connectivity index (χ0n) is 12.9. The van der Waals surface area contributed by atoms with Crippen LogP contribution < -0.4 is 14.8 Å². The van der Waals surface area contributed by atoms with Crippen molar-refractivity contribution in [3.05, 3.63) is 41.9 Å². The fraction of sp³-hybridized carbons (Fsp3) is 0.312. The van der Waals surface area contributed by atoms with E-state index < -0.39 is 0 Å². The van der Waals surface area contributed by atoms with Crippen molar-refractivity contribution in [1.29, 1.82) is 0 Å². The summed E-state index contributed by atoms with van der Waals surface area (Å²) >= 11 is 0. The molecule has 0 bridgehead atoms. The number of methoxy groups -OCH3 is 1. The molecule has 2 aromatic rings. The molecule has 1 saturated heterocycles. The molecule has 3 rings (SSSR count). The molecule has 0 unspecified atom stereocenters. The number of nitrogens with zero attached hydrogens (tertiary/aromatic N) is 2. The fourth-order valence-corrected chi connectivity index (χ4v) is 2.05. The van der Waals surface area contributed by atoms with Gasteiger partial charge in [-0.05, 0) is 19.1 Å². The van der Waals surface area contributed by atoms with Gasteiger partial charge < -0.3 is 19.5 Å². The van der Waals surface area contributed by atoms with Crippen molar-refractivity contribution in [1.82, 2.24) is 9.97 Å². The van der Waals surface area contributed by atoms with E-state index in [0.717, 1.165) is 0 Å². The molecular formula is C16H17N3O4. The van der Waals surface area contributed by atoms with Gasteiger partial charge in [0.2, 0.25) is 0 Å². The Balaban J connectivity index is 1.72. The predicted molar refractivity (Wildman–Crippen MR) is 83.0 cm³/mol. The molecule has 1 aliphatic heterocycles. The number of carbonyl (C=O) groups excluding carboxylic acids is 1. The Bertz CT molecular complexity index is 699. The third-order valence-electron chi connectivity index (χ3n) is 3.28. The van der Waals surface area contributed by atoms with E-state index in [4.69, 9.17) is 14.2 Å². The Morgan fingerprint density at radius 1 is 1.30 bits per heavy atom. The van der Waals surface area contributed by atoms with Crippen LogP contribution in [0.4, 0.5) is 5.82 Å². The van der Waals surface area contributed by atoms with E-state index in [1.165, 1.54) is 6.20 Å². The maximum Gasteiger partial charge on any atom is 0.275 e. The second-order valence-corrected chi connectivity index (χ2v) is 5.14. The second kappa shape index (κ2) is 6.62. The molecule has 7 nitrogen and oxygen atoms in total. The van der Waals surface area contributed by atoms with Gasteiger partial charge in [-0.1, -0.05) is 0 Å². The first kappa shape index (κ1) is 15.2. The topological polar surface area (TPSA) is 82.6 Å².